The molecule has 0 atom stereocenters. The minimum absolute atomic E-state index is 0.672. The number of hydrogen-bond donors (Lipinski definition) is 0. The second-order valence-electron chi connectivity index (χ2n) is 3.77. The van der Waals surface area contributed by atoms with E-state index in [2.05, 4.69) is 17.5 Å². The van der Waals surface area contributed by atoms with Gasteiger partial charge < -0.3 is 4.74 Å². The first-order valence-corrected chi connectivity index (χ1v) is 6.33. The van der Waals surface area contributed by atoms with E-state index in [1.165, 1.54) is 4.88 Å². The Morgan fingerprint density at radius 2 is 2.24 bits per heavy atom. The lowest BCUT2D eigenvalue weighted by Crippen LogP contribution is -2.00. The first kappa shape index (κ1) is 11.7. The molecule has 0 N–H and O–H groups in total. The number of rotatable bonds is 4. The van der Waals surface area contributed by atoms with Gasteiger partial charge in [0.15, 0.2) is 0 Å². The molecule has 1 heterocycles. The van der Waals surface area contributed by atoms with Gasteiger partial charge in [-0.25, -0.2) is 0 Å². The Hall–Kier alpha value is -1.79. The van der Waals surface area contributed by atoms with Crippen LogP contribution in [0.2, 0.25) is 0 Å². The third-order valence-corrected chi connectivity index (χ3v) is 3.45. The van der Waals surface area contributed by atoms with Crippen molar-refractivity contribution in [3.05, 3.63) is 51.7 Å². The predicted octanol–water partition coefficient (Wildman–Crippen LogP) is 3.55. The third-order valence-electron chi connectivity index (χ3n) is 2.52. The van der Waals surface area contributed by atoms with Gasteiger partial charge in [0, 0.05) is 11.3 Å². The maximum absolute atomic E-state index is 8.82. The second kappa shape index (κ2) is 5.51. The van der Waals surface area contributed by atoms with E-state index < -0.39 is 0 Å². The van der Waals surface area contributed by atoms with Gasteiger partial charge >= 0.3 is 0 Å². The zero-order valence-corrected chi connectivity index (χ0v) is 10.5. The van der Waals surface area contributed by atoms with Gasteiger partial charge in [-0.15, -0.1) is 11.3 Å². The average Bonchev–Trinajstić information content (AvgIpc) is 2.82. The van der Waals surface area contributed by atoms with Crippen molar-refractivity contribution in [1.82, 2.24) is 0 Å². The Morgan fingerprint density at radius 3 is 2.88 bits per heavy atom. The smallest absolute Gasteiger partial charge is 0.119 e. The van der Waals surface area contributed by atoms with Crippen molar-refractivity contribution in [2.24, 2.45) is 0 Å². The van der Waals surface area contributed by atoms with Gasteiger partial charge in [0.1, 0.15) is 5.75 Å². The fraction of sp³-hybridized carbons (Fsp3) is 0.214. The van der Waals surface area contributed by atoms with Gasteiger partial charge in [-0.2, -0.15) is 5.26 Å². The van der Waals surface area contributed by atoms with Crippen molar-refractivity contribution in [3.63, 3.8) is 0 Å². The lowest BCUT2D eigenvalue weighted by molar-refractivity contribution is 0.323. The summed E-state index contributed by atoms with van der Waals surface area (Å²) in [6, 6.07) is 11.9. The van der Waals surface area contributed by atoms with Gasteiger partial charge in [-0.1, -0.05) is 6.07 Å². The van der Waals surface area contributed by atoms with Crippen molar-refractivity contribution in [2.75, 3.05) is 6.61 Å². The SMILES string of the molecule is Cc1cc(OCCc2cccs2)ccc1C#N. The Labute approximate surface area is 105 Å². The highest BCUT2D eigenvalue weighted by Crippen LogP contribution is 2.17. The molecule has 0 bridgehead atoms. The number of aryl methyl sites for hydroxylation is 1. The van der Waals surface area contributed by atoms with Crippen LogP contribution in [0.15, 0.2) is 35.7 Å². The van der Waals surface area contributed by atoms with Gasteiger partial charge in [0.25, 0.3) is 0 Å². The minimum atomic E-state index is 0.672. The summed E-state index contributed by atoms with van der Waals surface area (Å²) in [5.74, 6) is 0.832. The molecule has 0 aliphatic carbocycles. The summed E-state index contributed by atoms with van der Waals surface area (Å²) in [5, 5.41) is 10.9. The maximum Gasteiger partial charge on any atom is 0.119 e. The van der Waals surface area contributed by atoms with E-state index >= 15 is 0 Å². The standard InChI is InChI=1S/C14H13NOS/c1-11-9-13(5-4-12(11)10-15)16-7-6-14-3-2-8-17-14/h2-5,8-9H,6-7H2,1H3. The normalized spacial score (nSPS) is 9.88. The van der Waals surface area contributed by atoms with E-state index in [0.717, 1.165) is 17.7 Å². The Kier molecular flexibility index (Phi) is 3.79. The van der Waals surface area contributed by atoms with Crippen LogP contribution in [0.3, 0.4) is 0 Å². The number of thiophene rings is 1. The Balaban J connectivity index is 1.91. The van der Waals surface area contributed by atoms with E-state index in [9.17, 15) is 0 Å². The van der Waals surface area contributed by atoms with E-state index in [0.29, 0.717) is 12.2 Å². The number of nitriles is 1. The lowest BCUT2D eigenvalue weighted by Gasteiger charge is -2.06. The summed E-state index contributed by atoms with van der Waals surface area (Å²) >= 11 is 1.74. The molecule has 0 saturated carbocycles. The molecule has 17 heavy (non-hydrogen) atoms. The van der Waals surface area contributed by atoms with Gasteiger partial charge in [-0.05, 0) is 42.1 Å². The molecule has 0 aliphatic heterocycles. The fourth-order valence-corrected chi connectivity index (χ4v) is 2.27. The highest BCUT2D eigenvalue weighted by molar-refractivity contribution is 7.09. The monoisotopic (exact) mass is 243 g/mol. The molecule has 0 amide bonds. The first-order valence-electron chi connectivity index (χ1n) is 5.45. The lowest BCUT2D eigenvalue weighted by atomic mass is 10.1. The number of nitrogens with zero attached hydrogens (tertiary/aromatic N) is 1. The fourth-order valence-electron chi connectivity index (χ4n) is 1.58. The molecule has 0 aliphatic rings. The van der Waals surface area contributed by atoms with Crippen LogP contribution in [0.4, 0.5) is 0 Å². The summed E-state index contributed by atoms with van der Waals surface area (Å²) in [6.45, 7) is 2.59. The van der Waals surface area contributed by atoms with Crippen LogP contribution in [0.1, 0.15) is 16.0 Å². The van der Waals surface area contributed by atoms with Crippen LogP contribution in [0.25, 0.3) is 0 Å². The van der Waals surface area contributed by atoms with Crippen LogP contribution < -0.4 is 4.74 Å². The first-order chi connectivity index (χ1) is 8.29. The highest BCUT2D eigenvalue weighted by Gasteiger charge is 2.00. The summed E-state index contributed by atoms with van der Waals surface area (Å²) in [5.41, 5.74) is 1.66. The molecule has 0 unspecified atom stereocenters. The van der Waals surface area contributed by atoms with Crippen LogP contribution in [0, 0.1) is 18.3 Å². The average molecular weight is 243 g/mol. The molecule has 2 aromatic rings. The molecule has 1 aromatic carbocycles. The molecule has 86 valence electrons. The van der Waals surface area contributed by atoms with Crippen LogP contribution in [-0.4, -0.2) is 6.61 Å². The van der Waals surface area contributed by atoms with Crippen molar-refractivity contribution >= 4 is 11.3 Å². The minimum Gasteiger partial charge on any atom is -0.493 e. The maximum atomic E-state index is 8.82. The molecule has 2 nitrogen and oxygen atoms in total. The van der Waals surface area contributed by atoms with Gasteiger partial charge in [0.05, 0.1) is 18.2 Å². The van der Waals surface area contributed by atoms with Crippen molar-refractivity contribution < 1.29 is 4.74 Å². The molecule has 0 spiro atoms. The number of benzene rings is 1. The van der Waals surface area contributed by atoms with Gasteiger partial charge in [0.2, 0.25) is 0 Å². The Bertz CT molecular complexity index is 526. The van der Waals surface area contributed by atoms with E-state index in [4.69, 9.17) is 10.00 Å². The summed E-state index contributed by atoms with van der Waals surface area (Å²) < 4.78 is 5.66. The quantitative estimate of drug-likeness (QED) is 0.822. The largest absolute Gasteiger partial charge is 0.493 e. The summed E-state index contributed by atoms with van der Waals surface area (Å²) in [6.07, 6.45) is 0.927. The zero-order chi connectivity index (χ0) is 12.1. The molecule has 2 rings (SSSR count). The molecule has 0 fully saturated rings. The van der Waals surface area contributed by atoms with Crippen LogP contribution >= 0.6 is 11.3 Å². The number of hydrogen-bond acceptors (Lipinski definition) is 3. The van der Waals surface area contributed by atoms with Crippen LogP contribution in [0.5, 0.6) is 5.75 Å². The molecule has 3 heteroatoms. The Morgan fingerprint density at radius 1 is 1.35 bits per heavy atom. The number of ether oxygens (including phenoxy) is 1. The molecule has 1 aromatic heterocycles. The molecular weight excluding hydrogens is 230 g/mol. The van der Waals surface area contributed by atoms with E-state index in [1.807, 2.05) is 25.1 Å². The second-order valence-corrected chi connectivity index (χ2v) is 4.80. The molecule has 0 saturated heterocycles. The van der Waals surface area contributed by atoms with Gasteiger partial charge in [-0.3, -0.25) is 0 Å². The molecular formula is C14H13NOS. The summed E-state index contributed by atoms with van der Waals surface area (Å²) in [4.78, 5) is 1.33. The highest BCUT2D eigenvalue weighted by atomic mass is 32.1. The van der Waals surface area contributed by atoms with Crippen LogP contribution in [-0.2, 0) is 6.42 Å². The van der Waals surface area contributed by atoms with Crippen molar-refractivity contribution in [3.8, 4) is 11.8 Å². The molecule has 0 radical (unpaired) electrons. The predicted molar refractivity (Wildman–Crippen MR) is 69.4 cm³/mol. The third kappa shape index (κ3) is 3.08. The topological polar surface area (TPSA) is 33.0 Å². The van der Waals surface area contributed by atoms with Crippen molar-refractivity contribution in [1.29, 1.82) is 5.26 Å². The van der Waals surface area contributed by atoms with E-state index in [-0.39, 0.29) is 0 Å². The zero-order valence-electron chi connectivity index (χ0n) is 9.64. The summed E-state index contributed by atoms with van der Waals surface area (Å²) in [7, 11) is 0. The van der Waals surface area contributed by atoms with E-state index in [1.54, 1.807) is 17.4 Å². The van der Waals surface area contributed by atoms with Crippen molar-refractivity contribution in [2.45, 2.75) is 13.3 Å².